The minimum absolute atomic E-state index is 0.116. The van der Waals surface area contributed by atoms with E-state index in [-0.39, 0.29) is 24.8 Å². The molecule has 1 aliphatic carbocycles. The van der Waals surface area contributed by atoms with Gasteiger partial charge in [0.15, 0.2) is 11.4 Å². The first-order chi connectivity index (χ1) is 15.5. The van der Waals surface area contributed by atoms with Crippen molar-refractivity contribution >= 4 is 17.7 Å². The summed E-state index contributed by atoms with van der Waals surface area (Å²) in [5.74, 6) is -0.323. The maximum atomic E-state index is 14.1. The molecule has 1 aromatic heterocycles. The molecule has 1 unspecified atom stereocenters. The quantitative estimate of drug-likeness (QED) is 0.650. The Kier molecular flexibility index (Phi) is 4.33. The van der Waals surface area contributed by atoms with Crippen molar-refractivity contribution in [1.82, 2.24) is 9.58 Å². The van der Waals surface area contributed by atoms with Crippen molar-refractivity contribution in [3.05, 3.63) is 93.4 Å². The molecule has 1 N–H and O–H groups in total. The van der Waals surface area contributed by atoms with E-state index in [1.807, 2.05) is 29.3 Å². The van der Waals surface area contributed by atoms with Crippen LogP contribution in [0.5, 0.6) is 5.75 Å². The zero-order chi connectivity index (χ0) is 22.0. The molecule has 1 saturated carbocycles. The molecule has 3 aromatic rings. The van der Waals surface area contributed by atoms with Crippen LogP contribution in [0.4, 0.5) is 4.39 Å². The van der Waals surface area contributed by atoms with Crippen LogP contribution in [0.15, 0.2) is 70.5 Å². The van der Waals surface area contributed by atoms with E-state index in [0.717, 1.165) is 21.8 Å². The number of halogens is 1. The number of aromatic hydroxyl groups is 1. The highest BCUT2D eigenvalue weighted by molar-refractivity contribution is 7.98. The zero-order valence-electron chi connectivity index (χ0n) is 17.0. The molecule has 6 nitrogen and oxygen atoms in total. The molecule has 3 aliphatic rings. The van der Waals surface area contributed by atoms with E-state index in [4.69, 9.17) is 0 Å². The Morgan fingerprint density at radius 3 is 2.50 bits per heavy atom. The van der Waals surface area contributed by atoms with Gasteiger partial charge in [0.2, 0.25) is 5.43 Å². The molecule has 6 rings (SSSR count). The molecule has 1 fully saturated rings. The number of rotatable bonds is 2. The van der Waals surface area contributed by atoms with Crippen LogP contribution in [0.3, 0.4) is 0 Å². The molecular formula is C24H20FN3O3S. The van der Waals surface area contributed by atoms with Gasteiger partial charge in [-0.2, -0.15) is 0 Å². The van der Waals surface area contributed by atoms with Gasteiger partial charge in [-0.25, -0.2) is 4.39 Å². The Balaban J connectivity index is 1.60. The average Bonchev–Trinajstić information content (AvgIpc) is 3.56. The first kappa shape index (κ1) is 19.4. The molecule has 8 heteroatoms. The lowest BCUT2D eigenvalue weighted by atomic mass is 9.94. The minimum Gasteiger partial charge on any atom is -0.502 e. The highest BCUT2D eigenvalue weighted by Crippen LogP contribution is 2.44. The van der Waals surface area contributed by atoms with Crippen molar-refractivity contribution in [2.45, 2.75) is 35.3 Å². The maximum Gasteiger partial charge on any atom is 0.278 e. The van der Waals surface area contributed by atoms with Crippen molar-refractivity contribution in [3.8, 4) is 5.75 Å². The van der Waals surface area contributed by atoms with Crippen LogP contribution >= 0.6 is 11.8 Å². The van der Waals surface area contributed by atoms with E-state index in [2.05, 4.69) is 24.3 Å². The van der Waals surface area contributed by atoms with Gasteiger partial charge in [-0.15, -0.1) is 11.8 Å². The molecular weight excluding hydrogens is 429 g/mol. The summed E-state index contributed by atoms with van der Waals surface area (Å²) in [6, 6.07) is 16.7. The molecule has 2 aliphatic heterocycles. The average molecular weight is 450 g/mol. The van der Waals surface area contributed by atoms with Gasteiger partial charge in [0, 0.05) is 29.3 Å². The van der Waals surface area contributed by atoms with Crippen molar-refractivity contribution in [1.29, 1.82) is 0 Å². The predicted molar refractivity (Wildman–Crippen MR) is 119 cm³/mol. The Morgan fingerprint density at radius 2 is 1.72 bits per heavy atom. The number of alkyl halides is 1. The van der Waals surface area contributed by atoms with Gasteiger partial charge >= 0.3 is 0 Å². The number of carbonyl (C=O) groups is 1. The first-order valence-corrected chi connectivity index (χ1v) is 11.5. The van der Waals surface area contributed by atoms with Gasteiger partial charge in [0.1, 0.15) is 12.8 Å². The molecule has 1 amide bonds. The number of hydrogen-bond acceptors (Lipinski definition) is 5. The fourth-order valence-corrected chi connectivity index (χ4v) is 5.80. The zero-order valence-corrected chi connectivity index (χ0v) is 17.8. The van der Waals surface area contributed by atoms with Crippen LogP contribution in [-0.4, -0.2) is 39.5 Å². The molecule has 0 radical (unpaired) electrons. The number of benzene rings is 2. The number of nitrogens with zero attached hydrogens (tertiary/aromatic N) is 3. The van der Waals surface area contributed by atoms with E-state index in [9.17, 15) is 19.1 Å². The Labute approximate surface area is 187 Å². The lowest BCUT2D eigenvalue weighted by Crippen LogP contribution is -2.56. The number of carbonyl (C=O) groups excluding carboxylic acids is 1. The Hall–Kier alpha value is -3.26. The van der Waals surface area contributed by atoms with Crippen LogP contribution in [0.25, 0.3) is 0 Å². The molecule has 162 valence electrons. The molecule has 3 atom stereocenters. The Morgan fingerprint density at radius 1 is 1.00 bits per heavy atom. The van der Waals surface area contributed by atoms with Crippen LogP contribution in [0, 0.1) is 0 Å². The van der Waals surface area contributed by atoms with Gasteiger partial charge < -0.3 is 10.0 Å². The number of pyridine rings is 1. The monoisotopic (exact) mass is 449 g/mol. The van der Waals surface area contributed by atoms with E-state index >= 15 is 0 Å². The molecule has 32 heavy (non-hydrogen) atoms. The number of hydrogen-bond donors (Lipinski definition) is 1. The number of fused-ring (bicyclic) bond motifs is 3. The summed E-state index contributed by atoms with van der Waals surface area (Å²) in [4.78, 5) is 28.0. The number of thioether (sulfide) groups is 1. The van der Waals surface area contributed by atoms with Crippen molar-refractivity contribution < 1.29 is 14.3 Å². The summed E-state index contributed by atoms with van der Waals surface area (Å²) >= 11 is 1.75. The molecule has 0 bridgehead atoms. The van der Waals surface area contributed by atoms with Crippen LogP contribution in [0.2, 0.25) is 0 Å². The smallest absolute Gasteiger partial charge is 0.278 e. The van der Waals surface area contributed by atoms with Crippen molar-refractivity contribution in [2.24, 2.45) is 0 Å². The SMILES string of the molecule is O=C1c2c(O)c(=O)ccn2N(C2c3ccccc3CSc3ccccc32)CN1[C@@H]1C[C@@H]1F. The third kappa shape index (κ3) is 2.86. The lowest BCUT2D eigenvalue weighted by Gasteiger charge is -2.44. The summed E-state index contributed by atoms with van der Waals surface area (Å²) in [5, 5.41) is 12.5. The fourth-order valence-electron chi connectivity index (χ4n) is 4.71. The first-order valence-electron chi connectivity index (χ1n) is 10.5. The van der Waals surface area contributed by atoms with E-state index in [1.54, 1.807) is 16.4 Å². The van der Waals surface area contributed by atoms with Gasteiger partial charge in [0.05, 0.1) is 12.1 Å². The van der Waals surface area contributed by atoms with Crippen molar-refractivity contribution in [2.75, 3.05) is 11.7 Å². The third-order valence-corrected chi connectivity index (χ3v) is 7.56. The number of aromatic nitrogens is 1. The van der Waals surface area contributed by atoms with Gasteiger partial charge in [0.25, 0.3) is 5.91 Å². The second-order valence-corrected chi connectivity index (χ2v) is 9.34. The normalized spacial score (nSPS) is 23.8. The van der Waals surface area contributed by atoms with Crippen LogP contribution in [0.1, 0.15) is 39.6 Å². The largest absolute Gasteiger partial charge is 0.502 e. The highest BCUT2D eigenvalue weighted by atomic mass is 32.2. The second kappa shape index (κ2) is 7.13. The minimum atomic E-state index is -1.09. The van der Waals surface area contributed by atoms with Crippen molar-refractivity contribution in [3.63, 3.8) is 0 Å². The number of amides is 1. The van der Waals surface area contributed by atoms with Crippen LogP contribution < -0.4 is 10.4 Å². The van der Waals surface area contributed by atoms with Gasteiger partial charge in [-0.1, -0.05) is 42.5 Å². The van der Waals surface area contributed by atoms with Gasteiger partial charge in [-0.05, 0) is 22.8 Å². The molecule has 2 aromatic carbocycles. The summed E-state index contributed by atoms with van der Waals surface area (Å²) in [5.41, 5.74) is 2.57. The molecule has 0 spiro atoms. The fraction of sp³-hybridized carbons (Fsp3) is 0.250. The topological polar surface area (TPSA) is 65.8 Å². The second-order valence-electron chi connectivity index (χ2n) is 8.32. The predicted octanol–water partition coefficient (Wildman–Crippen LogP) is 3.41. The van der Waals surface area contributed by atoms with E-state index in [0.29, 0.717) is 0 Å². The summed E-state index contributed by atoms with van der Waals surface area (Å²) in [7, 11) is 0. The van der Waals surface area contributed by atoms with E-state index < -0.39 is 29.3 Å². The highest BCUT2D eigenvalue weighted by Gasteiger charge is 2.49. The van der Waals surface area contributed by atoms with Gasteiger partial charge in [-0.3, -0.25) is 19.3 Å². The third-order valence-electron chi connectivity index (χ3n) is 6.42. The van der Waals surface area contributed by atoms with E-state index in [1.165, 1.54) is 22.7 Å². The Bertz CT molecular complexity index is 1260. The summed E-state index contributed by atoms with van der Waals surface area (Å²) in [6.45, 7) is 0.150. The maximum absolute atomic E-state index is 14.1. The lowest BCUT2D eigenvalue weighted by molar-refractivity contribution is 0.0648. The molecule has 3 heterocycles. The summed E-state index contributed by atoms with van der Waals surface area (Å²) in [6.07, 6.45) is 0.704. The van der Waals surface area contributed by atoms with Crippen LogP contribution in [-0.2, 0) is 5.75 Å². The summed E-state index contributed by atoms with van der Waals surface area (Å²) < 4.78 is 15.6. The molecule has 0 saturated heterocycles. The standard InChI is InChI=1S/C24H20FN3O3S/c25-17-11-18(17)26-13-28(27-10-9-19(29)23(30)22(27)24(26)31)21-15-6-2-1-5-14(15)12-32-20-8-4-3-7-16(20)21/h1-10,17-18,21,30H,11-13H2/t17-,18+,21?/m0/s1.